The van der Waals surface area contributed by atoms with E-state index in [1.54, 1.807) is 22.3 Å². The molecule has 18 heteroatoms. The number of piperazine rings is 1. The minimum atomic E-state index is -0.713. The quantitative estimate of drug-likeness (QED) is 0.139. The predicted octanol–water partition coefficient (Wildman–Crippen LogP) is 3.63. The first kappa shape index (κ1) is 40.7. The molecule has 0 aliphatic carbocycles. The zero-order valence-electron chi connectivity index (χ0n) is 35.7. The van der Waals surface area contributed by atoms with Gasteiger partial charge in [-0.3, -0.25) is 33.7 Å². The van der Waals surface area contributed by atoms with Crippen molar-refractivity contribution in [3.05, 3.63) is 119 Å². The summed E-state index contributed by atoms with van der Waals surface area (Å²) >= 11 is 0. The van der Waals surface area contributed by atoms with E-state index in [0.29, 0.717) is 48.9 Å². The van der Waals surface area contributed by atoms with Crippen LogP contribution in [-0.4, -0.2) is 110 Å². The Labute approximate surface area is 368 Å². The Morgan fingerprint density at radius 1 is 0.922 bits per heavy atom. The maximum Gasteiger partial charge on any atom is 0.329 e. The number of nitrogens with one attached hydrogen (secondary N) is 4. The second-order valence-corrected chi connectivity index (χ2v) is 16.6. The third kappa shape index (κ3) is 7.96. The van der Waals surface area contributed by atoms with Crippen LogP contribution in [0.15, 0.2) is 102 Å². The lowest BCUT2D eigenvalue weighted by Crippen LogP contribution is -2.45. The number of ether oxygens (including phenoxy) is 1. The lowest BCUT2D eigenvalue weighted by Gasteiger charge is -2.36. The molecule has 3 fully saturated rings. The highest BCUT2D eigenvalue weighted by Crippen LogP contribution is 2.30. The fourth-order valence-corrected chi connectivity index (χ4v) is 8.97. The van der Waals surface area contributed by atoms with Gasteiger partial charge in [0.25, 0.3) is 5.91 Å². The summed E-state index contributed by atoms with van der Waals surface area (Å²) < 4.78 is 10.1. The van der Waals surface area contributed by atoms with E-state index in [1.807, 2.05) is 55.9 Å². The number of imidazole rings is 2. The van der Waals surface area contributed by atoms with Gasteiger partial charge in [0.1, 0.15) is 11.9 Å². The maximum atomic E-state index is 13.2. The molecule has 64 heavy (non-hydrogen) atoms. The molecule has 2 aromatic carbocycles. The van der Waals surface area contributed by atoms with Gasteiger partial charge in [0.05, 0.1) is 42.1 Å². The first-order valence-corrected chi connectivity index (χ1v) is 21.6. The molecular formula is C46H49N13O5. The largest absolute Gasteiger partial charge is 0.385 e. The van der Waals surface area contributed by atoms with Gasteiger partial charge in [0, 0.05) is 89.7 Å². The molecule has 4 aromatic heterocycles. The smallest absolute Gasteiger partial charge is 0.329 e. The second kappa shape index (κ2) is 17.1. The molecule has 3 saturated heterocycles. The Morgan fingerprint density at radius 2 is 1.75 bits per heavy atom. The lowest BCUT2D eigenvalue weighted by molar-refractivity contribution is -0.135. The van der Waals surface area contributed by atoms with Crippen molar-refractivity contribution in [1.82, 2.24) is 44.2 Å². The Hall–Kier alpha value is -7.31. The van der Waals surface area contributed by atoms with Crippen LogP contribution in [0.2, 0.25) is 0 Å². The number of imide groups is 1. The van der Waals surface area contributed by atoms with Crippen molar-refractivity contribution in [2.45, 2.75) is 37.9 Å². The van der Waals surface area contributed by atoms with Crippen LogP contribution in [0.4, 0.5) is 23.0 Å². The highest BCUT2D eigenvalue weighted by molar-refractivity contribution is 6.00. The van der Waals surface area contributed by atoms with E-state index >= 15 is 0 Å². The van der Waals surface area contributed by atoms with Gasteiger partial charge in [-0.15, -0.1) is 5.10 Å². The van der Waals surface area contributed by atoms with Gasteiger partial charge in [0.2, 0.25) is 11.8 Å². The number of allylic oxidation sites excluding steroid dienone is 2. The molecule has 2 atom stereocenters. The van der Waals surface area contributed by atoms with E-state index in [1.165, 1.54) is 4.57 Å². The number of carbonyl (C=O) groups excluding carboxylic acids is 3. The predicted molar refractivity (Wildman–Crippen MR) is 243 cm³/mol. The van der Waals surface area contributed by atoms with E-state index in [9.17, 15) is 19.2 Å². The number of aryl methyl sites for hydroxylation is 1. The number of fused-ring (bicyclic) bond motifs is 2. The fourth-order valence-electron chi connectivity index (χ4n) is 8.97. The van der Waals surface area contributed by atoms with Gasteiger partial charge in [-0.05, 0) is 72.0 Å². The summed E-state index contributed by atoms with van der Waals surface area (Å²) in [5, 5.41) is 16.8. The number of aromatic nitrogens is 6. The van der Waals surface area contributed by atoms with Gasteiger partial charge in [-0.2, -0.15) is 0 Å². The molecule has 18 nitrogen and oxygen atoms in total. The number of amides is 3. The molecule has 2 unspecified atom stereocenters. The summed E-state index contributed by atoms with van der Waals surface area (Å²) in [5.41, 5.74) is 8.00. The van der Waals surface area contributed by atoms with Gasteiger partial charge in [-0.25, -0.2) is 19.3 Å². The Bertz CT molecular complexity index is 2880. The number of carbonyl (C=O) groups is 3. The highest BCUT2D eigenvalue weighted by Gasteiger charge is 2.31. The third-order valence-corrected chi connectivity index (χ3v) is 12.5. The molecule has 4 aliphatic rings. The molecule has 328 valence electrons. The van der Waals surface area contributed by atoms with E-state index in [4.69, 9.17) is 14.8 Å². The lowest BCUT2D eigenvalue weighted by atomic mass is 10.0. The molecular weight excluding hydrogens is 815 g/mol. The number of piperidine rings is 1. The van der Waals surface area contributed by atoms with Gasteiger partial charge in [-0.1, -0.05) is 24.3 Å². The van der Waals surface area contributed by atoms with Crippen molar-refractivity contribution in [2.24, 2.45) is 7.05 Å². The van der Waals surface area contributed by atoms with Crippen molar-refractivity contribution < 1.29 is 19.1 Å². The standard InChI is InChI=1S/C46H49N13O5/c1-47-35-23-40(53-59-39(25-49-43(35)59)45(62)51-33-15-21-64-28-33)50-32-4-3-16-57(27-32)41-13-5-29(24-48-41)26-55-17-19-56(20-18-55)34-9-6-30(7-10-34)31-8-11-36-38(22-31)54(2)46(63)58(36)37-12-14-42(60)52-44(37)61/h3-11,13,16,22-25,33,37,47H,12,14-15,17-21,26-28H2,1-2H3,(H,50,53)(H,51,62)(H,52,60,61). The van der Waals surface area contributed by atoms with Gasteiger partial charge in [0.15, 0.2) is 17.2 Å². The Morgan fingerprint density at radius 3 is 2.50 bits per heavy atom. The minimum Gasteiger partial charge on any atom is -0.385 e. The minimum absolute atomic E-state index is 0.0285. The van der Waals surface area contributed by atoms with Crippen molar-refractivity contribution in [1.29, 1.82) is 0 Å². The van der Waals surface area contributed by atoms with Gasteiger partial charge < -0.3 is 30.5 Å². The molecule has 10 rings (SSSR count). The summed E-state index contributed by atoms with van der Waals surface area (Å²) in [6.45, 7) is 6.13. The van der Waals surface area contributed by atoms with Crippen LogP contribution in [0.5, 0.6) is 0 Å². The second-order valence-electron chi connectivity index (χ2n) is 16.6. The van der Waals surface area contributed by atoms with Crippen LogP contribution in [0.25, 0.3) is 27.8 Å². The molecule has 3 amide bonds. The number of anilines is 4. The van der Waals surface area contributed by atoms with Crippen molar-refractivity contribution in [2.75, 3.05) is 73.4 Å². The summed E-state index contributed by atoms with van der Waals surface area (Å²) in [7, 11) is 3.53. The van der Waals surface area contributed by atoms with E-state index in [-0.39, 0.29) is 30.0 Å². The van der Waals surface area contributed by atoms with Crippen LogP contribution in [0.3, 0.4) is 0 Å². The third-order valence-electron chi connectivity index (χ3n) is 12.5. The fraction of sp³-hybridized carbons (Fsp3) is 0.326. The van der Waals surface area contributed by atoms with Crippen LogP contribution >= 0.6 is 0 Å². The average molecular weight is 864 g/mol. The van der Waals surface area contributed by atoms with E-state index in [0.717, 1.165) is 84.2 Å². The maximum absolute atomic E-state index is 13.2. The van der Waals surface area contributed by atoms with Crippen LogP contribution in [0.1, 0.15) is 41.4 Å². The number of pyridine rings is 1. The number of hydrogen-bond acceptors (Lipinski definition) is 13. The van der Waals surface area contributed by atoms with Gasteiger partial charge >= 0.3 is 5.69 Å². The Balaban J connectivity index is 0.731. The number of benzene rings is 2. The topological polar surface area (TPSA) is 188 Å². The molecule has 0 bridgehead atoms. The number of nitrogens with zero attached hydrogens (tertiary/aromatic N) is 9. The van der Waals surface area contributed by atoms with Crippen LogP contribution in [-0.2, 0) is 27.9 Å². The SMILES string of the molecule is CNc1cc(NC2=CC=CN(c3ccc(CN4CCN(c5ccc(-c6ccc7c(c6)n(C)c(=O)n7C6CCC(=O)NC6=O)cc5)CC4)cn3)C2)nn2c(C(=O)NC3CCOC3)cnc12. The van der Waals surface area contributed by atoms with Crippen molar-refractivity contribution >= 4 is 57.4 Å². The molecule has 6 aromatic rings. The van der Waals surface area contributed by atoms with E-state index in [2.05, 4.69) is 77.3 Å². The van der Waals surface area contributed by atoms with Crippen molar-refractivity contribution in [3.8, 4) is 11.1 Å². The molecule has 4 N–H and O–H groups in total. The average Bonchev–Trinajstić information content (AvgIpc) is 4.05. The number of hydrogen-bond donors (Lipinski definition) is 4. The normalized spacial score (nSPS) is 19.3. The van der Waals surface area contributed by atoms with Crippen LogP contribution in [0, 0.1) is 0 Å². The molecule has 8 heterocycles. The summed E-state index contributed by atoms with van der Waals surface area (Å²) in [6, 6.07) is 19.7. The van der Waals surface area contributed by atoms with Crippen molar-refractivity contribution in [3.63, 3.8) is 0 Å². The monoisotopic (exact) mass is 863 g/mol. The zero-order valence-corrected chi connectivity index (χ0v) is 35.7. The summed E-state index contributed by atoms with van der Waals surface area (Å²) in [6.07, 6.45) is 10.8. The zero-order chi connectivity index (χ0) is 43.9. The first-order valence-electron chi connectivity index (χ1n) is 21.6. The number of rotatable bonds is 11. The van der Waals surface area contributed by atoms with Crippen LogP contribution < -0.4 is 36.8 Å². The van der Waals surface area contributed by atoms with E-state index < -0.39 is 11.9 Å². The summed E-state index contributed by atoms with van der Waals surface area (Å²) in [5.74, 6) is 0.410. The Kier molecular flexibility index (Phi) is 10.9. The molecule has 4 aliphatic heterocycles. The first-order chi connectivity index (χ1) is 31.2. The summed E-state index contributed by atoms with van der Waals surface area (Å²) in [4.78, 5) is 67.0. The molecule has 0 radical (unpaired) electrons. The molecule has 0 saturated carbocycles. The molecule has 0 spiro atoms. The highest BCUT2D eigenvalue weighted by atomic mass is 16.5.